The monoisotopic (exact) mass is 249 g/mol. The molecule has 0 bridgehead atoms. The number of anilines is 1. The molecule has 0 amide bonds. The van der Waals surface area contributed by atoms with Gasteiger partial charge in [0, 0.05) is 19.2 Å². The van der Waals surface area contributed by atoms with Crippen molar-refractivity contribution in [1.82, 2.24) is 0 Å². The maximum absolute atomic E-state index is 13.9. The molecule has 0 aliphatic rings. The second-order valence-electron chi connectivity index (χ2n) is 3.71. The molecule has 0 spiro atoms. The minimum absolute atomic E-state index is 0.369. The highest BCUT2D eigenvalue weighted by Crippen LogP contribution is 2.21. The Morgan fingerprint density at radius 3 is 2.78 bits per heavy atom. The first-order valence-corrected chi connectivity index (χ1v) is 5.65. The molecule has 0 aromatic heterocycles. The number of rotatable bonds is 6. The van der Waals surface area contributed by atoms with Gasteiger partial charge in [0.1, 0.15) is 5.82 Å². The molecule has 0 unspecified atom stereocenters. The molecule has 96 valence electrons. The summed E-state index contributed by atoms with van der Waals surface area (Å²) >= 11 is 0. The number of carbonyl (C=O) groups is 1. The Bertz CT molecular complexity index is 469. The zero-order valence-electron chi connectivity index (χ0n) is 10.3. The van der Waals surface area contributed by atoms with E-state index in [0.29, 0.717) is 24.3 Å². The van der Waals surface area contributed by atoms with E-state index in [2.05, 4.69) is 6.58 Å². The smallest absolute Gasteiger partial charge is 0.328 e. The summed E-state index contributed by atoms with van der Waals surface area (Å²) in [5.41, 5.74) is 1.01. The highest BCUT2D eigenvalue weighted by atomic mass is 19.1. The van der Waals surface area contributed by atoms with Crippen LogP contribution in [0, 0.1) is 5.82 Å². The quantitative estimate of drug-likeness (QED) is 0.622. The minimum atomic E-state index is -1.05. The van der Waals surface area contributed by atoms with Gasteiger partial charge in [-0.15, -0.1) is 6.58 Å². The van der Waals surface area contributed by atoms with Gasteiger partial charge in [0.15, 0.2) is 0 Å². The van der Waals surface area contributed by atoms with Gasteiger partial charge in [-0.05, 0) is 30.7 Å². The number of nitrogens with zero attached hydrogens (tertiary/aromatic N) is 1. The first-order chi connectivity index (χ1) is 8.58. The predicted molar refractivity (Wildman–Crippen MR) is 71.2 cm³/mol. The van der Waals surface area contributed by atoms with Crippen molar-refractivity contribution < 1.29 is 14.3 Å². The van der Waals surface area contributed by atoms with Crippen LogP contribution in [0.1, 0.15) is 12.5 Å². The van der Waals surface area contributed by atoms with Crippen molar-refractivity contribution in [3.63, 3.8) is 0 Å². The van der Waals surface area contributed by atoms with Crippen LogP contribution in [-0.2, 0) is 4.79 Å². The fourth-order valence-electron chi connectivity index (χ4n) is 1.60. The molecule has 3 nitrogen and oxygen atoms in total. The molecule has 18 heavy (non-hydrogen) atoms. The van der Waals surface area contributed by atoms with Crippen molar-refractivity contribution >= 4 is 17.7 Å². The second kappa shape index (κ2) is 6.59. The molecule has 0 saturated heterocycles. The van der Waals surface area contributed by atoms with E-state index in [4.69, 9.17) is 5.11 Å². The van der Waals surface area contributed by atoms with Gasteiger partial charge >= 0.3 is 5.97 Å². The Hall–Kier alpha value is -2.10. The zero-order valence-corrected chi connectivity index (χ0v) is 10.3. The molecule has 1 aromatic carbocycles. The summed E-state index contributed by atoms with van der Waals surface area (Å²) in [5.74, 6) is -1.42. The first kappa shape index (κ1) is 14.0. The van der Waals surface area contributed by atoms with E-state index in [1.54, 1.807) is 18.2 Å². The van der Waals surface area contributed by atoms with Crippen LogP contribution in [0.15, 0.2) is 36.9 Å². The van der Waals surface area contributed by atoms with E-state index in [-0.39, 0.29) is 5.82 Å². The molecule has 4 heteroatoms. The summed E-state index contributed by atoms with van der Waals surface area (Å²) in [7, 11) is 0. The molecule has 0 aliphatic heterocycles. The molecule has 0 fully saturated rings. The van der Waals surface area contributed by atoms with E-state index in [9.17, 15) is 9.18 Å². The second-order valence-corrected chi connectivity index (χ2v) is 3.71. The number of likely N-dealkylation sites (N-methyl/N-ethyl adjacent to an activating group) is 1. The predicted octanol–water partition coefficient (Wildman–Crippen LogP) is 2.94. The maximum Gasteiger partial charge on any atom is 0.328 e. The maximum atomic E-state index is 13.9. The van der Waals surface area contributed by atoms with Crippen LogP contribution in [-0.4, -0.2) is 24.2 Å². The number of hydrogen-bond donors (Lipinski definition) is 1. The normalized spacial score (nSPS) is 10.6. The van der Waals surface area contributed by atoms with E-state index >= 15 is 0 Å². The zero-order chi connectivity index (χ0) is 13.5. The SMILES string of the molecule is C=CCN(CC)c1ccc(/C=C/C(=O)O)cc1F. The molecule has 1 N–H and O–H groups in total. The highest BCUT2D eigenvalue weighted by Gasteiger charge is 2.08. The first-order valence-electron chi connectivity index (χ1n) is 5.65. The number of carboxylic acid groups (broad SMARTS) is 1. The van der Waals surface area contributed by atoms with Crippen LogP contribution in [0.25, 0.3) is 6.08 Å². The van der Waals surface area contributed by atoms with Gasteiger partial charge in [0.05, 0.1) is 5.69 Å². The Balaban J connectivity index is 2.97. The van der Waals surface area contributed by atoms with Gasteiger partial charge < -0.3 is 10.0 Å². The molecular weight excluding hydrogens is 233 g/mol. The average Bonchev–Trinajstić information content (AvgIpc) is 2.34. The van der Waals surface area contributed by atoms with Crippen molar-refractivity contribution in [3.8, 4) is 0 Å². The molecule has 0 saturated carbocycles. The van der Waals surface area contributed by atoms with Gasteiger partial charge in [0.2, 0.25) is 0 Å². The van der Waals surface area contributed by atoms with Crippen LogP contribution in [0.5, 0.6) is 0 Å². The summed E-state index contributed by atoms with van der Waals surface area (Å²) in [4.78, 5) is 12.2. The summed E-state index contributed by atoms with van der Waals surface area (Å²) in [5, 5.41) is 8.50. The summed E-state index contributed by atoms with van der Waals surface area (Å²) < 4.78 is 13.9. The van der Waals surface area contributed by atoms with E-state index in [1.807, 2.05) is 11.8 Å². The van der Waals surface area contributed by atoms with Crippen molar-refractivity contribution in [1.29, 1.82) is 0 Å². The Morgan fingerprint density at radius 2 is 2.28 bits per heavy atom. The molecule has 1 aromatic rings. The third-order valence-electron chi connectivity index (χ3n) is 2.46. The van der Waals surface area contributed by atoms with Crippen LogP contribution in [0.4, 0.5) is 10.1 Å². The van der Waals surface area contributed by atoms with Gasteiger partial charge in [-0.1, -0.05) is 12.1 Å². The number of aliphatic carboxylic acids is 1. The molecule has 0 atom stereocenters. The van der Waals surface area contributed by atoms with Crippen molar-refractivity contribution in [2.75, 3.05) is 18.0 Å². The highest BCUT2D eigenvalue weighted by molar-refractivity contribution is 5.85. The Labute approximate surface area is 106 Å². The third kappa shape index (κ3) is 3.73. The average molecular weight is 249 g/mol. The van der Waals surface area contributed by atoms with Gasteiger partial charge in [0.25, 0.3) is 0 Å². The van der Waals surface area contributed by atoms with Gasteiger partial charge in [-0.3, -0.25) is 0 Å². The van der Waals surface area contributed by atoms with Gasteiger partial charge in [-0.25, -0.2) is 9.18 Å². The van der Waals surface area contributed by atoms with Gasteiger partial charge in [-0.2, -0.15) is 0 Å². The fraction of sp³-hybridized carbons (Fsp3) is 0.214. The third-order valence-corrected chi connectivity index (χ3v) is 2.46. The van der Waals surface area contributed by atoms with Crippen LogP contribution in [0.3, 0.4) is 0 Å². The van der Waals surface area contributed by atoms with E-state index in [0.717, 1.165) is 6.08 Å². The van der Waals surface area contributed by atoms with Crippen molar-refractivity contribution in [2.45, 2.75) is 6.92 Å². The molecule has 0 radical (unpaired) electrons. The van der Waals surface area contributed by atoms with Crippen LogP contribution >= 0.6 is 0 Å². The van der Waals surface area contributed by atoms with Crippen LogP contribution < -0.4 is 4.90 Å². The molecule has 0 heterocycles. The largest absolute Gasteiger partial charge is 0.478 e. The topological polar surface area (TPSA) is 40.5 Å². The van der Waals surface area contributed by atoms with E-state index < -0.39 is 5.97 Å². The molecular formula is C14H16FNO2. The number of carboxylic acids is 1. The lowest BCUT2D eigenvalue weighted by Crippen LogP contribution is -2.23. The number of benzene rings is 1. The standard InChI is InChI=1S/C14H16FNO2/c1-3-9-16(4-2)13-7-5-11(10-12(13)15)6-8-14(17)18/h3,5-8,10H,1,4,9H2,2H3,(H,17,18)/b8-6+. The van der Waals surface area contributed by atoms with Crippen molar-refractivity contribution in [3.05, 3.63) is 48.3 Å². The summed E-state index contributed by atoms with van der Waals surface area (Å²) in [6.45, 7) is 6.80. The number of hydrogen-bond acceptors (Lipinski definition) is 2. The van der Waals surface area contributed by atoms with Crippen molar-refractivity contribution in [2.24, 2.45) is 0 Å². The van der Waals surface area contributed by atoms with E-state index in [1.165, 1.54) is 12.1 Å². The van der Waals surface area contributed by atoms with Crippen LogP contribution in [0.2, 0.25) is 0 Å². The summed E-state index contributed by atoms with van der Waals surface area (Å²) in [6, 6.07) is 4.65. The Kier molecular flexibility index (Phi) is 5.11. The minimum Gasteiger partial charge on any atom is -0.478 e. The lowest BCUT2D eigenvalue weighted by molar-refractivity contribution is -0.131. The lowest BCUT2D eigenvalue weighted by Gasteiger charge is -2.21. The lowest BCUT2D eigenvalue weighted by atomic mass is 10.1. The fourth-order valence-corrected chi connectivity index (χ4v) is 1.60. The number of halogens is 1. The Morgan fingerprint density at radius 1 is 1.56 bits per heavy atom. The molecule has 0 aliphatic carbocycles. The summed E-state index contributed by atoms with van der Waals surface area (Å²) in [6.07, 6.45) is 4.05. The molecule has 1 rings (SSSR count).